The molecular formula is C18H14ClN3O. The minimum absolute atomic E-state index is 0.136. The summed E-state index contributed by atoms with van der Waals surface area (Å²) in [5.74, 6) is 1.75. The predicted molar refractivity (Wildman–Crippen MR) is 93.7 cm³/mol. The molecule has 0 radical (unpaired) electrons. The van der Waals surface area contributed by atoms with Crippen LogP contribution in [0.3, 0.4) is 0 Å². The summed E-state index contributed by atoms with van der Waals surface area (Å²) in [4.78, 5) is 11.3. The molecule has 2 aromatic rings. The van der Waals surface area contributed by atoms with Crippen molar-refractivity contribution in [1.82, 2.24) is 4.90 Å². The van der Waals surface area contributed by atoms with Gasteiger partial charge in [-0.15, -0.1) is 0 Å². The summed E-state index contributed by atoms with van der Waals surface area (Å²) in [5, 5.41) is 11.0. The monoisotopic (exact) mass is 323 g/mol. The van der Waals surface area contributed by atoms with Crippen molar-refractivity contribution in [3.05, 3.63) is 70.8 Å². The van der Waals surface area contributed by atoms with Crippen LogP contribution in [0.15, 0.2) is 64.6 Å². The molecule has 5 heteroatoms. The number of nitrogens with zero attached hydrogens (tertiary/aromatic N) is 3. The largest absolute Gasteiger partial charge is 0.507 e. The third-order valence-corrected chi connectivity index (χ3v) is 4.12. The van der Waals surface area contributed by atoms with Crippen molar-refractivity contribution in [2.75, 3.05) is 13.1 Å². The van der Waals surface area contributed by atoms with Crippen LogP contribution in [-0.2, 0) is 0 Å². The summed E-state index contributed by atoms with van der Waals surface area (Å²) in [6.07, 6.45) is 1.67. The lowest BCUT2D eigenvalue weighted by atomic mass is 10.1. The topological polar surface area (TPSA) is 48.2 Å². The highest BCUT2D eigenvalue weighted by atomic mass is 35.5. The number of hydrogen-bond acceptors (Lipinski definition) is 4. The summed E-state index contributed by atoms with van der Waals surface area (Å²) in [5.41, 5.74) is 2.57. The van der Waals surface area contributed by atoms with Crippen molar-refractivity contribution in [3.8, 4) is 0 Å². The Balaban J connectivity index is 1.78. The van der Waals surface area contributed by atoms with Gasteiger partial charge in [-0.25, -0.2) is 4.99 Å². The molecule has 0 aliphatic carbocycles. The lowest BCUT2D eigenvalue weighted by molar-refractivity contribution is 0.511. The van der Waals surface area contributed by atoms with Gasteiger partial charge in [0.05, 0.1) is 12.2 Å². The Hall–Kier alpha value is -2.59. The molecule has 23 heavy (non-hydrogen) atoms. The van der Waals surface area contributed by atoms with Gasteiger partial charge < -0.3 is 10.0 Å². The molecular weight excluding hydrogens is 310 g/mol. The highest BCUT2D eigenvalue weighted by Gasteiger charge is 2.28. The average molecular weight is 324 g/mol. The van der Waals surface area contributed by atoms with Crippen molar-refractivity contribution in [3.63, 3.8) is 0 Å². The van der Waals surface area contributed by atoms with Crippen LogP contribution in [0, 0.1) is 0 Å². The first-order valence-electron chi connectivity index (χ1n) is 7.39. The van der Waals surface area contributed by atoms with E-state index in [1.807, 2.05) is 41.3 Å². The summed E-state index contributed by atoms with van der Waals surface area (Å²) >= 11 is 5.99. The molecule has 2 aromatic carbocycles. The van der Waals surface area contributed by atoms with Crippen molar-refractivity contribution >= 4 is 34.7 Å². The average Bonchev–Trinajstić information content (AvgIpc) is 3.05. The Bertz CT molecular complexity index is 870. The van der Waals surface area contributed by atoms with Crippen LogP contribution in [0.1, 0.15) is 11.1 Å². The van der Waals surface area contributed by atoms with Gasteiger partial charge in [-0.2, -0.15) is 0 Å². The number of amidine groups is 2. The van der Waals surface area contributed by atoms with Gasteiger partial charge in [-0.05, 0) is 24.3 Å². The molecule has 0 amide bonds. The zero-order chi connectivity index (χ0) is 15.8. The normalized spacial score (nSPS) is 16.6. The molecule has 1 N–H and O–H groups in total. The lowest BCUT2D eigenvalue weighted by Gasteiger charge is -2.25. The van der Waals surface area contributed by atoms with Gasteiger partial charge in [-0.1, -0.05) is 35.9 Å². The fourth-order valence-electron chi connectivity index (χ4n) is 2.81. The van der Waals surface area contributed by atoms with Crippen LogP contribution in [0.2, 0.25) is 5.02 Å². The van der Waals surface area contributed by atoms with Gasteiger partial charge in [0.25, 0.3) is 0 Å². The van der Waals surface area contributed by atoms with Crippen molar-refractivity contribution in [1.29, 1.82) is 0 Å². The summed E-state index contributed by atoms with van der Waals surface area (Å²) in [6.45, 7) is 1.50. The van der Waals surface area contributed by atoms with Crippen LogP contribution in [0.25, 0.3) is 5.76 Å². The summed E-state index contributed by atoms with van der Waals surface area (Å²) in [7, 11) is 0. The Morgan fingerprint density at radius 3 is 2.91 bits per heavy atom. The molecule has 0 saturated carbocycles. The van der Waals surface area contributed by atoms with E-state index in [0.717, 1.165) is 30.2 Å². The maximum absolute atomic E-state index is 10.4. The van der Waals surface area contributed by atoms with Gasteiger partial charge in [0.1, 0.15) is 17.4 Å². The van der Waals surface area contributed by atoms with Crippen molar-refractivity contribution in [2.45, 2.75) is 0 Å². The SMILES string of the molecule is O/C(=C\C1=Nc2ccccc2C2=NCCN12)c1cccc(Cl)c1. The molecule has 0 spiro atoms. The molecule has 0 bridgehead atoms. The molecule has 114 valence electrons. The third-order valence-electron chi connectivity index (χ3n) is 3.88. The van der Waals surface area contributed by atoms with Gasteiger partial charge in [-0.3, -0.25) is 4.99 Å². The van der Waals surface area contributed by atoms with E-state index in [4.69, 9.17) is 11.6 Å². The lowest BCUT2D eigenvalue weighted by Crippen LogP contribution is -2.36. The molecule has 2 aliphatic rings. The van der Waals surface area contributed by atoms with E-state index < -0.39 is 0 Å². The first-order valence-corrected chi connectivity index (χ1v) is 7.77. The van der Waals surface area contributed by atoms with E-state index in [0.29, 0.717) is 16.4 Å². The summed E-state index contributed by atoms with van der Waals surface area (Å²) < 4.78 is 0. The minimum Gasteiger partial charge on any atom is -0.507 e. The molecule has 2 heterocycles. The minimum atomic E-state index is 0.136. The van der Waals surface area contributed by atoms with Gasteiger partial charge >= 0.3 is 0 Å². The van der Waals surface area contributed by atoms with E-state index in [-0.39, 0.29) is 5.76 Å². The van der Waals surface area contributed by atoms with E-state index in [1.54, 1.807) is 18.2 Å². The Morgan fingerprint density at radius 1 is 1.17 bits per heavy atom. The van der Waals surface area contributed by atoms with Crippen molar-refractivity contribution < 1.29 is 5.11 Å². The standard InChI is InChI=1S/C18H14ClN3O/c19-13-5-3-4-12(10-13)16(23)11-17-21-15-7-2-1-6-14(15)18-20-8-9-22(17)18/h1-7,10-11,23H,8-9H2/b16-11-. The second-order valence-corrected chi connectivity index (χ2v) is 5.82. The first kappa shape index (κ1) is 14.0. The highest BCUT2D eigenvalue weighted by molar-refractivity contribution is 6.30. The fourth-order valence-corrected chi connectivity index (χ4v) is 3.00. The predicted octanol–water partition coefficient (Wildman–Crippen LogP) is 4.04. The van der Waals surface area contributed by atoms with E-state index in [1.165, 1.54) is 0 Å². The van der Waals surface area contributed by atoms with Crippen LogP contribution >= 0.6 is 11.6 Å². The molecule has 0 unspecified atom stereocenters. The molecule has 0 atom stereocenters. The highest BCUT2D eigenvalue weighted by Crippen LogP contribution is 2.29. The number of aliphatic hydroxyl groups excluding tert-OH is 1. The number of aliphatic imine (C=N–C) groups is 2. The Labute approximate surface area is 139 Å². The molecule has 0 fully saturated rings. The molecule has 2 aliphatic heterocycles. The van der Waals surface area contributed by atoms with Gasteiger partial charge in [0, 0.05) is 28.8 Å². The second-order valence-electron chi connectivity index (χ2n) is 5.38. The Morgan fingerprint density at radius 2 is 2.04 bits per heavy atom. The third kappa shape index (κ3) is 2.51. The fraction of sp³-hybridized carbons (Fsp3) is 0.111. The van der Waals surface area contributed by atoms with Gasteiger partial charge in [0.15, 0.2) is 0 Å². The molecule has 0 aromatic heterocycles. The molecule has 4 rings (SSSR count). The number of benzene rings is 2. The quantitative estimate of drug-likeness (QED) is 0.848. The second kappa shape index (κ2) is 5.56. The van der Waals surface area contributed by atoms with Crippen molar-refractivity contribution in [2.24, 2.45) is 9.98 Å². The zero-order valence-corrected chi connectivity index (χ0v) is 13.0. The number of para-hydroxylation sites is 1. The number of aliphatic hydroxyl groups is 1. The van der Waals surface area contributed by atoms with E-state index >= 15 is 0 Å². The zero-order valence-electron chi connectivity index (χ0n) is 12.3. The van der Waals surface area contributed by atoms with E-state index in [9.17, 15) is 5.11 Å². The smallest absolute Gasteiger partial charge is 0.138 e. The summed E-state index contributed by atoms with van der Waals surface area (Å²) in [6, 6.07) is 15.0. The maximum Gasteiger partial charge on any atom is 0.138 e. The molecule has 4 nitrogen and oxygen atoms in total. The van der Waals surface area contributed by atoms with Crippen LogP contribution in [-0.4, -0.2) is 34.8 Å². The van der Waals surface area contributed by atoms with Crippen LogP contribution in [0.5, 0.6) is 0 Å². The molecule has 0 saturated heterocycles. The number of halogens is 1. The number of fused-ring (bicyclic) bond motifs is 3. The Kier molecular flexibility index (Phi) is 3.39. The maximum atomic E-state index is 10.4. The number of hydrogen-bond donors (Lipinski definition) is 1. The first-order chi connectivity index (χ1) is 11.2. The van der Waals surface area contributed by atoms with Crippen LogP contribution in [0.4, 0.5) is 5.69 Å². The van der Waals surface area contributed by atoms with E-state index in [2.05, 4.69) is 9.98 Å². The van der Waals surface area contributed by atoms with Gasteiger partial charge in [0.2, 0.25) is 0 Å². The number of rotatable bonds is 2. The van der Waals surface area contributed by atoms with Crippen LogP contribution < -0.4 is 0 Å².